The molecule has 0 bridgehead atoms. The van der Waals surface area contributed by atoms with E-state index in [-0.39, 0.29) is 6.04 Å². The summed E-state index contributed by atoms with van der Waals surface area (Å²) in [6, 6.07) is -0.806. The minimum Gasteiger partial charge on any atom is -0.480 e. The summed E-state index contributed by atoms with van der Waals surface area (Å²) in [5, 5.41) is 24.5. The Hall–Kier alpha value is -1.30. The van der Waals surface area contributed by atoms with E-state index in [1.54, 1.807) is 13.8 Å². The van der Waals surface area contributed by atoms with E-state index in [0.717, 1.165) is 25.7 Å². The molecule has 1 aliphatic rings. The van der Waals surface area contributed by atoms with Gasteiger partial charge in [0.15, 0.2) is 0 Å². The van der Waals surface area contributed by atoms with Gasteiger partial charge < -0.3 is 20.8 Å². The average Bonchev–Trinajstić information content (AvgIpc) is 2.61. The number of hydrogen-bond acceptors (Lipinski definition) is 3. The van der Waals surface area contributed by atoms with Gasteiger partial charge in [-0.2, -0.15) is 0 Å². The second kappa shape index (κ2) is 7.47. The lowest BCUT2D eigenvalue weighted by molar-refractivity contribution is -0.144. The number of carbonyl (C=O) groups is 2. The second-order valence-corrected chi connectivity index (χ2v) is 5.50. The molecular formula is C14H26N2O4. The van der Waals surface area contributed by atoms with Crippen molar-refractivity contribution in [3.05, 3.63) is 0 Å². The van der Waals surface area contributed by atoms with Crippen LogP contribution in [0.3, 0.4) is 0 Å². The predicted octanol–water partition coefficient (Wildman–Crippen LogP) is 1.62. The molecule has 1 fully saturated rings. The highest BCUT2D eigenvalue weighted by molar-refractivity contribution is 5.86. The molecule has 6 heteroatoms. The first-order chi connectivity index (χ1) is 9.45. The Morgan fingerprint density at radius 2 is 1.75 bits per heavy atom. The molecule has 2 unspecified atom stereocenters. The normalized spacial score (nSPS) is 23.8. The van der Waals surface area contributed by atoms with E-state index < -0.39 is 23.6 Å². The summed E-state index contributed by atoms with van der Waals surface area (Å²) in [6.45, 7) is 3.47. The molecule has 2 atom stereocenters. The van der Waals surface area contributed by atoms with Crippen LogP contribution >= 0.6 is 0 Å². The zero-order valence-corrected chi connectivity index (χ0v) is 12.3. The van der Waals surface area contributed by atoms with Gasteiger partial charge in [-0.15, -0.1) is 0 Å². The maximum atomic E-state index is 12.0. The van der Waals surface area contributed by atoms with Gasteiger partial charge in [0.25, 0.3) is 0 Å². The van der Waals surface area contributed by atoms with Crippen LogP contribution in [0.2, 0.25) is 0 Å². The molecule has 20 heavy (non-hydrogen) atoms. The minimum absolute atomic E-state index is 0.294. The summed E-state index contributed by atoms with van der Waals surface area (Å²) in [5.74, 6) is -1.03. The van der Waals surface area contributed by atoms with E-state index in [1.165, 1.54) is 0 Å². The van der Waals surface area contributed by atoms with Crippen molar-refractivity contribution < 1.29 is 19.8 Å². The molecule has 1 saturated carbocycles. The van der Waals surface area contributed by atoms with Crippen LogP contribution in [-0.4, -0.2) is 39.9 Å². The van der Waals surface area contributed by atoms with Crippen molar-refractivity contribution >= 4 is 12.0 Å². The standard InChI is InChI=1S/C14H26N2O4/c1-3-14(4-2,12(18)19)16-13(20)15-10-8-6-5-7-9-11(10)17/h10-11,17H,3-9H2,1-2H3,(H,18,19)(H2,15,16,20). The molecule has 6 nitrogen and oxygen atoms in total. The van der Waals surface area contributed by atoms with Crippen molar-refractivity contribution in [1.82, 2.24) is 10.6 Å². The number of carboxylic acid groups (broad SMARTS) is 1. The highest BCUT2D eigenvalue weighted by Crippen LogP contribution is 2.19. The lowest BCUT2D eigenvalue weighted by Crippen LogP contribution is -2.58. The number of aliphatic carboxylic acids is 1. The molecule has 1 aliphatic carbocycles. The summed E-state index contributed by atoms with van der Waals surface area (Å²) < 4.78 is 0. The number of aliphatic hydroxyl groups excluding tert-OH is 1. The Labute approximate surface area is 119 Å². The number of urea groups is 1. The van der Waals surface area contributed by atoms with Gasteiger partial charge in [-0.05, 0) is 25.7 Å². The van der Waals surface area contributed by atoms with Crippen molar-refractivity contribution in [2.45, 2.75) is 76.5 Å². The fraction of sp³-hybridized carbons (Fsp3) is 0.857. The first kappa shape index (κ1) is 16.8. The Balaban J connectivity index is 2.63. The molecule has 0 aromatic rings. The van der Waals surface area contributed by atoms with Gasteiger partial charge in [-0.3, -0.25) is 0 Å². The number of rotatable bonds is 5. The monoisotopic (exact) mass is 286 g/mol. The molecule has 0 aromatic carbocycles. The number of aliphatic hydroxyl groups is 1. The Kier molecular flexibility index (Phi) is 6.26. The summed E-state index contributed by atoms with van der Waals surface area (Å²) in [7, 11) is 0. The molecule has 0 heterocycles. The Morgan fingerprint density at radius 1 is 1.15 bits per heavy atom. The molecule has 4 N–H and O–H groups in total. The Bertz CT molecular complexity index is 342. The smallest absolute Gasteiger partial charge is 0.329 e. The number of carbonyl (C=O) groups excluding carboxylic acids is 1. The van der Waals surface area contributed by atoms with Gasteiger partial charge in [0.2, 0.25) is 0 Å². The quantitative estimate of drug-likeness (QED) is 0.577. The zero-order chi connectivity index (χ0) is 15.2. The highest BCUT2D eigenvalue weighted by Gasteiger charge is 2.37. The summed E-state index contributed by atoms with van der Waals surface area (Å²) in [4.78, 5) is 23.3. The van der Waals surface area contributed by atoms with Gasteiger partial charge in [0, 0.05) is 0 Å². The number of nitrogens with one attached hydrogen (secondary N) is 2. The van der Waals surface area contributed by atoms with Crippen LogP contribution in [0.4, 0.5) is 4.79 Å². The van der Waals surface area contributed by atoms with Crippen LogP contribution in [0.25, 0.3) is 0 Å². The van der Waals surface area contributed by atoms with Gasteiger partial charge in [0.1, 0.15) is 5.54 Å². The SMILES string of the molecule is CCC(CC)(NC(=O)NC1CCCCCC1O)C(=O)O. The molecule has 1 rings (SSSR count). The van der Waals surface area contributed by atoms with Crippen LogP contribution in [-0.2, 0) is 4.79 Å². The van der Waals surface area contributed by atoms with Gasteiger partial charge in [-0.1, -0.05) is 33.1 Å². The van der Waals surface area contributed by atoms with Gasteiger partial charge >= 0.3 is 12.0 Å². The minimum atomic E-state index is -1.24. The van der Waals surface area contributed by atoms with E-state index in [0.29, 0.717) is 19.3 Å². The molecule has 0 aliphatic heterocycles. The molecule has 116 valence electrons. The average molecular weight is 286 g/mol. The Morgan fingerprint density at radius 3 is 2.30 bits per heavy atom. The predicted molar refractivity (Wildman–Crippen MR) is 75.5 cm³/mol. The van der Waals surface area contributed by atoms with Crippen LogP contribution < -0.4 is 10.6 Å². The van der Waals surface area contributed by atoms with Crippen LogP contribution in [0.5, 0.6) is 0 Å². The maximum Gasteiger partial charge on any atom is 0.329 e. The fourth-order valence-corrected chi connectivity index (χ4v) is 2.66. The number of amides is 2. The van der Waals surface area contributed by atoms with Crippen molar-refractivity contribution in [1.29, 1.82) is 0 Å². The third kappa shape index (κ3) is 4.10. The van der Waals surface area contributed by atoms with Crippen LogP contribution in [0, 0.1) is 0 Å². The second-order valence-electron chi connectivity index (χ2n) is 5.50. The van der Waals surface area contributed by atoms with E-state index in [2.05, 4.69) is 10.6 Å². The third-order valence-corrected chi connectivity index (χ3v) is 4.27. The first-order valence-electron chi connectivity index (χ1n) is 7.45. The first-order valence-corrected chi connectivity index (χ1v) is 7.45. The maximum absolute atomic E-state index is 12.0. The van der Waals surface area contributed by atoms with E-state index in [9.17, 15) is 19.8 Å². The van der Waals surface area contributed by atoms with Crippen molar-refractivity contribution in [3.8, 4) is 0 Å². The molecule has 0 aromatic heterocycles. The third-order valence-electron chi connectivity index (χ3n) is 4.27. The highest BCUT2D eigenvalue weighted by atomic mass is 16.4. The topological polar surface area (TPSA) is 98.7 Å². The largest absolute Gasteiger partial charge is 0.480 e. The lowest BCUT2D eigenvalue weighted by Gasteiger charge is -2.30. The van der Waals surface area contributed by atoms with Gasteiger partial charge in [-0.25, -0.2) is 9.59 Å². The van der Waals surface area contributed by atoms with Gasteiger partial charge in [0.05, 0.1) is 12.1 Å². The van der Waals surface area contributed by atoms with E-state index >= 15 is 0 Å². The summed E-state index contributed by atoms with van der Waals surface area (Å²) in [6.07, 6.45) is 4.48. The molecule has 0 radical (unpaired) electrons. The van der Waals surface area contributed by atoms with Crippen LogP contribution in [0.15, 0.2) is 0 Å². The number of hydrogen-bond donors (Lipinski definition) is 4. The molecule has 0 spiro atoms. The van der Waals surface area contributed by atoms with Crippen LogP contribution in [0.1, 0.15) is 58.8 Å². The summed E-state index contributed by atoms with van der Waals surface area (Å²) >= 11 is 0. The van der Waals surface area contributed by atoms with Crippen molar-refractivity contribution in [3.63, 3.8) is 0 Å². The fourth-order valence-electron chi connectivity index (χ4n) is 2.66. The zero-order valence-electron chi connectivity index (χ0n) is 12.3. The van der Waals surface area contributed by atoms with Crippen molar-refractivity contribution in [2.75, 3.05) is 0 Å². The molecular weight excluding hydrogens is 260 g/mol. The molecule has 2 amide bonds. The molecule has 0 saturated heterocycles. The summed E-state index contributed by atoms with van der Waals surface area (Å²) in [5.41, 5.74) is -1.24. The number of carboxylic acids is 1. The van der Waals surface area contributed by atoms with E-state index in [4.69, 9.17) is 0 Å². The van der Waals surface area contributed by atoms with Crippen molar-refractivity contribution in [2.24, 2.45) is 0 Å². The lowest BCUT2D eigenvalue weighted by atomic mass is 9.93. The van der Waals surface area contributed by atoms with E-state index in [1.807, 2.05) is 0 Å².